The van der Waals surface area contributed by atoms with Gasteiger partial charge in [-0.15, -0.1) is 0 Å². The Balaban J connectivity index is 2.10. The summed E-state index contributed by atoms with van der Waals surface area (Å²) in [6.07, 6.45) is 1.49. The van der Waals surface area contributed by atoms with E-state index in [1.807, 2.05) is 19.1 Å². The summed E-state index contributed by atoms with van der Waals surface area (Å²) < 4.78 is 5.17. The second kappa shape index (κ2) is 6.15. The van der Waals surface area contributed by atoms with Crippen molar-refractivity contribution in [3.63, 3.8) is 0 Å². The highest BCUT2D eigenvalue weighted by Gasteiger charge is 2.06. The third-order valence-electron chi connectivity index (χ3n) is 2.92. The standard InChI is InChI=1S/C14H18N4O/c1-10-13(17-9-18-14(10)19-2)16-8-12-5-3-4-11(6-12)7-15/h3-6,9H,7-8,15H2,1-2H3,(H,16,17,18). The van der Waals surface area contributed by atoms with Crippen molar-refractivity contribution in [1.82, 2.24) is 9.97 Å². The van der Waals surface area contributed by atoms with Gasteiger partial charge in [0.25, 0.3) is 0 Å². The van der Waals surface area contributed by atoms with Gasteiger partial charge in [0.05, 0.1) is 12.7 Å². The van der Waals surface area contributed by atoms with Gasteiger partial charge in [0.1, 0.15) is 12.1 Å². The lowest BCUT2D eigenvalue weighted by Crippen LogP contribution is -2.06. The van der Waals surface area contributed by atoms with Crippen molar-refractivity contribution >= 4 is 5.82 Å². The molecular weight excluding hydrogens is 240 g/mol. The fraction of sp³-hybridized carbons (Fsp3) is 0.286. The Labute approximate surface area is 112 Å². The van der Waals surface area contributed by atoms with E-state index in [1.54, 1.807) is 7.11 Å². The number of ether oxygens (including phenoxy) is 1. The Morgan fingerprint density at radius 1 is 1.26 bits per heavy atom. The molecule has 2 rings (SSSR count). The molecule has 0 saturated carbocycles. The summed E-state index contributed by atoms with van der Waals surface area (Å²) in [6.45, 7) is 3.17. The Kier molecular flexibility index (Phi) is 4.30. The van der Waals surface area contributed by atoms with Crippen molar-refractivity contribution in [2.24, 2.45) is 5.73 Å². The second-order valence-corrected chi connectivity index (χ2v) is 4.23. The monoisotopic (exact) mass is 258 g/mol. The fourth-order valence-corrected chi connectivity index (χ4v) is 1.87. The molecule has 19 heavy (non-hydrogen) atoms. The molecule has 0 aliphatic carbocycles. The van der Waals surface area contributed by atoms with Crippen LogP contribution in [0, 0.1) is 6.92 Å². The van der Waals surface area contributed by atoms with Gasteiger partial charge in [-0.1, -0.05) is 24.3 Å². The first-order valence-corrected chi connectivity index (χ1v) is 6.12. The van der Waals surface area contributed by atoms with Crippen LogP contribution >= 0.6 is 0 Å². The van der Waals surface area contributed by atoms with Crippen molar-refractivity contribution in [3.05, 3.63) is 47.3 Å². The van der Waals surface area contributed by atoms with Crippen LogP contribution in [0.25, 0.3) is 0 Å². The number of methoxy groups -OCH3 is 1. The summed E-state index contributed by atoms with van der Waals surface area (Å²) in [5.41, 5.74) is 8.82. The van der Waals surface area contributed by atoms with Crippen molar-refractivity contribution in [2.75, 3.05) is 12.4 Å². The van der Waals surface area contributed by atoms with Gasteiger partial charge in [-0.2, -0.15) is 0 Å². The summed E-state index contributed by atoms with van der Waals surface area (Å²) in [6, 6.07) is 8.16. The van der Waals surface area contributed by atoms with Crippen LogP contribution in [-0.2, 0) is 13.1 Å². The zero-order valence-electron chi connectivity index (χ0n) is 11.2. The number of nitrogens with zero attached hydrogens (tertiary/aromatic N) is 2. The minimum atomic E-state index is 0.550. The van der Waals surface area contributed by atoms with Crippen LogP contribution in [0.4, 0.5) is 5.82 Å². The Morgan fingerprint density at radius 3 is 2.79 bits per heavy atom. The minimum Gasteiger partial charge on any atom is -0.481 e. The number of nitrogens with one attached hydrogen (secondary N) is 1. The third kappa shape index (κ3) is 3.20. The highest BCUT2D eigenvalue weighted by molar-refractivity contribution is 5.48. The zero-order valence-corrected chi connectivity index (χ0v) is 11.2. The summed E-state index contributed by atoms with van der Waals surface area (Å²) >= 11 is 0. The van der Waals surface area contributed by atoms with Crippen LogP contribution < -0.4 is 15.8 Å². The lowest BCUT2D eigenvalue weighted by Gasteiger charge is -2.11. The van der Waals surface area contributed by atoms with Crippen LogP contribution in [0.5, 0.6) is 5.88 Å². The molecule has 0 fully saturated rings. The Bertz CT molecular complexity index is 557. The maximum Gasteiger partial charge on any atom is 0.221 e. The van der Waals surface area contributed by atoms with Crippen LogP contribution in [-0.4, -0.2) is 17.1 Å². The molecule has 0 unspecified atom stereocenters. The molecule has 0 aliphatic rings. The van der Waals surface area contributed by atoms with Gasteiger partial charge in [0.15, 0.2) is 0 Å². The fourth-order valence-electron chi connectivity index (χ4n) is 1.87. The topological polar surface area (TPSA) is 73.1 Å². The Hall–Kier alpha value is -2.14. The molecular formula is C14H18N4O. The van der Waals surface area contributed by atoms with E-state index in [4.69, 9.17) is 10.5 Å². The van der Waals surface area contributed by atoms with E-state index >= 15 is 0 Å². The predicted molar refractivity (Wildman–Crippen MR) is 75.0 cm³/mol. The van der Waals surface area contributed by atoms with E-state index in [0.29, 0.717) is 19.0 Å². The molecule has 2 aromatic rings. The van der Waals surface area contributed by atoms with E-state index in [9.17, 15) is 0 Å². The molecule has 0 saturated heterocycles. The van der Waals surface area contributed by atoms with Crippen LogP contribution in [0.2, 0.25) is 0 Å². The lowest BCUT2D eigenvalue weighted by atomic mass is 10.1. The SMILES string of the molecule is COc1ncnc(NCc2cccc(CN)c2)c1C. The smallest absolute Gasteiger partial charge is 0.221 e. The molecule has 0 atom stereocenters. The molecule has 0 amide bonds. The lowest BCUT2D eigenvalue weighted by molar-refractivity contribution is 0.393. The molecule has 3 N–H and O–H groups in total. The number of nitrogens with two attached hydrogens (primary N) is 1. The molecule has 5 nitrogen and oxygen atoms in total. The zero-order chi connectivity index (χ0) is 13.7. The summed E-state index contributed by atoms with van der Waals surface area (Å²) in [4.78, 5) is 8.27. The Morgan fingerprint density at radius 2 is 2.05 bits per heavy atom. The number of anilines is 1. The van der Waals surface area contributed by atoms with E-state index < -0.39 is 0 Å². The van der Waals surface area contributed by atoms with E-state index in [2.05, 4.69) is 27.4 Å². The van der Waals surface area contributed by atoms with Crippen molar-refractivity contribution in [1.29, 1.82) is 0 Å². The number of rotatable bonds is 5. The minimum absolute atomic E-state index is 0.550. The van der Waals surface area contributed by atoms with Gasteiger partial charge in [-0.25, -0.2) is 9.97 Å². The molecule has 0 aliphatic heterocycles. The number of hydrogen-bond acceptors (Lipinski definition) is 5. The average Bonchev–Trinajstić information content (AvgIpc) is 2.46. The first-order chi connectivity index (χ1) is 9.24. The number of benzene rings is 1. The highest BCUT2D eigenvalue weighted by atomic mass is 16.5. The number of hydrogen-bond donors (Lipinski definition) is 2. The molecule has 5 heteroatoms. The third-order valence-corrected chi connectivity index (χ3v) is 2.92. The van der Waals surface area contributed by atoms with E-state index in [0.717, 1.165) is 16.9 Å². The van der Waals surface area contributed by atoms with Crippen LogP contribution in [0.15, 0.2) is 30.6 Å². The number of aromatic nitrogens is 2. The molecule has 0 bridgehead atoms. The van der Waals surface area contributed by atoms with Gasteiger partial charge < -0.3 is 15.8 Å². The summed E-state index contributed by atoms with van der Waals surface area (Å²) in [7, 11) is 1.60. The first-order valence-electron chi connectivity index (χ1n) is 6.12. The maximum atomic E-state index is 5.63. The van der Waals surface area contributed by atoms with E-state index in [1.165, 1.54) is 11.9 Å². The predicted octanol–water partition coefficient (Wildman–Crippen LogP) is 1.86. The largest absolute Gasteiger partial charge is 0.481 e. The van der Waals surface area contributed by atoms with Crippen molar-refractivity contribution < 1.29 is 4.74 Å². The van der Waals surface area contributed by atoms with Gasteiger partial charge >= 0.3 is 0 Å². The van der Waals surface area contributed by atoms with Gasteiger partial charge in [-0.3, -0.25) is 0 Å². The summed E-state index contributed by atoms with van der Waals surface area (Å²) in [5.74, 6) is 1.37. The second-order valence-electron chi connectivity index (χ2n) is 4.23. The quantitative estimate of drug-likeness (QED) is 0.856. The molecule has 0 spiro atoms. The average molecular weight is 258 g/mol. The molecule has 1 aromatic carbocycles. The van der Waals surface area contributed by atoms with Crippen LogP contribution in [0.1, 0.15) is 16.7 Å². The highest BCUT2D eigenvalue weighted by Crippen LogP contribution is 2.20. The van der Waals surface area contributed by atoms with Crippen molar-refractivity contribution in [2.45, 2.75) is 20.0 Å². The maximum absolute atomic E-state index is 5.63. The van der Waals surface area contributed by atoms with E-state index in [-0.39, 0.29) is 0 Å². The van der Waals surface area contributed by atoms with Gasteiger partial charge in [-0.05, 0) is 18.1 Å². The normalized spacial score (nSPS) is 10.3. The molecule has 1 aromatic heterocycles. The molecule has 1 heterocycles. The summed E-state index contributed by atoms with van der Waals surface area (Å²) in [5, 5.41) is 3.28. The van der Waals surface area contributed by atoms with Gasteiger partial charge in [0, 0.05) is 13.1 Å². The van der Waals surface area contributed by atoms with Gasteiger partial charge in [0.2, 0.25) is 5.88 Å². The molecule has 100 valence electrons. The van der Waals surface area contributed by atoms with Crippen LogP contribution in [0.3, 0.4) is 0 Å². The molecule has 0 radical (unpaired) electrons. The first kappa shape index (κ1) is 13.3. The van der Waals surface area contributed by atoms with Crippen molar-refractivity contribution in [3.8, 4) is 5.88 Å².